The maximum atomic E-state index is 13.0. The van der Waals surface area contributed by atoms with Gasteiger partial charge in [0.05, 0.1) is 32.0 Å². The summed E-state index contributed by atoms with van der Waals surface area (Å²) >= 11 is 0. The quantitative estimate of drug-likeness (QED) is 0.455. The highest BCUT2D eigenvalue weighted by Gasteiger charge is 2.42. The highest BCUT2D eigenvalue weighted by atomic mass is 31.2. The lowest BCUT2D eigenvalue weighted by Crippen LogP contribution is -2.33. The summed E-state index contributed by atoms with van der Waals surface area (Å²) in [7, 11) is -3.80. The molecule has 1 N–H and O–H groups in total. The van der Waals surface area contributed by atoms with Gasteiger partial charge in [-0.15, -0.1) is 0 Å². The third-order valence-corrected chi connectivity index (χ3v) is 5.35. The van der Waals surface area contributed by atoms with Crippen LogP contribution in [0.15, 0.2) is 24.3 Å². The lowest BCUT2D eigenvalue weighted by Gasteiger charge is -2.26. The molecule has 1 rings (SSSR count). The minimum atomic E-state index is -3.80. The van der Waals surface area contributed by atoms with Crippen LogP contribution in [-0.4, -0.2) is 44.1 Å². The number of benzene rings is 1. The molecular weight excluding hydrogens is 361 g/mol. The molecule has 1 unspecified atom stereocenters. The van der Waals surface area contributed by atoms with Crippen LogP contribution < -0.4 is 5.32 Å². The zero-order chi connectivity index (χ0) is 19.6. The van der Waals surface area contributed by atoms with Crippen molar-refractivity contribution in [2.24, 2.45) is 0 Å². The predicted molar refractivity (Wildman–Crippen MR) is 97.3 cm³/mol. The van der Waals surface area contributed by atoms with Crippen LogP contribution in [-0.2, 0) is 27.9 Å². The summed E-state index contributed by atoms with van der Waals surface area (Å²) in [5.74, 6) is -2.52. The summed E-state index contributed by atoms with van der Waals surface area (Å²) in [6.07, 6.45) is 0. The lowest BCUT2D eigenvalue weighted by molar-refractivity contribution is -0.142. The van der Waals surface area contributed by atoms with Crippen molar-refractivity contribution < 1.29 is 32.7 Å². The molecule has 0 radical (unpaired) electrons. The predicted octanol–water partition coefficient (Wildman–Crippen LogP) is 3.43. The van der Waals surface area contributed by atoms with E-state index >= 15 is 0 Å². The summed E-state index contributed by atoms with van der Waals surface area (Å²) in [4.78, 5) is 24.0. The standard InChI is InChI=1S/C17H26NO7P/c1-5-22-16(19)13-9-11-14(12-10-13)18-15(17(20)23-6-2)26(21,24-7-3)25-8-4/h9-12,15,18H,5-8H2,1-4H3. The summed E-state index contributed by atoms with van der Waals surface area (Å²) in [6, 6.07) is 6.21. The topological polar surface area (TPSA) is 100 Å². The first kappa shape index (κ1) is 22.2. The molecule has 1 aromatic carbocycles. The van der Waals surface area contributed by atoms with E-state index in [1.165, 1.54) is 12.1 Å². The number of hydrogen-bond acceptors (Lipinski definition) is 8. The Morgan fingerprint density at radius 1 is 0.923 bits per heavy atom. The van der Waals surface area contributed by atoms with Gasteiger partial charge in [-0.2, -0.15) is 0 Å². The van der Waals surface area contributed by atoms with Crippen LogP contribution in [0.5, 0.6) is 0 Å². The van der Waals surface area contributed by atoms with Gasteiger partial charge in [0.15, 0.2) is 0 Å². The first-order chi connectivity index (χ1) is 12.4. The van der Waals surface area contributed by atoms with Crippen LogP contribution in [0.25, 0.3) is 0 Å². The molecule has 0 fully saturated rings. The summed E-state index contributed by atoms with van der Waals surface area (Å²) in [5, 5.41) is 2.83. The zero-order valence-electron chi connectivity index (χ0n) is 15.5. The van der Waals surface area contributed by atoms with Gasteiger partial charge in [-0.05, 0) is 52.0 Å². The molecule has 0 aliphatic carbocycles. The van der Waals surface area contributed by atoms with Crippen molar-refractivity contribution in [1.82, 2.24) is 0 Å². The second kappa shape index (κ2) is 11.0. The van der Waals surface area contributed by atoms with Crippen molar-refractivity contribution in [2.75, 3.05) is 31.7 Å². The monoisotopic (exact) mass is 387 g/mol. The molecule has 1 aromatic rings. The van der Waals surface area contributed by atoms with Gasteiger partial charge in [0.25, 0.3) is 0 Å². The fraction of sp³-hybridized carbons (Fsp3) is 0.529. The molecule has 0 bridgehead atoms. The third kappa shape index (κ3) is 6.12. The van der Waals surface area contributed by atoms with E-state index in [0.29, 0.717) is 11.3 Å². The Morgan fingerprint density at radius 2 is 1.46 bits per heavy atom. The Labute approximate surface area is 153 Å². The van der Waals surface area contributed by atoms with Crippen LogP contribution in [0.2, 0.25) is 0 Å². The summed E-state index contributed by atoms with van der Waals surface area (Å²) in [5.41, 5.74) is 0.818. The Morgan fingerprint density at radius 3 is 1.92 bits per heavy atom. The van der Waals surface area contributed by atoms with Gasteiger partial charge in [0, 0.05) is 5.69 Å². The number of nitrogens with one attached hydrogen (secondary N) is 1. The van der Waals surface area contributed by atoms with Gasteiger partial charge < -0.3 is 23.8 Å². The molecule has 0 aliphatic rings. The van der Waals surface area contributed by atoms with Crippen molar-refractivity contribution >= 4 is 25.2 Å². The molecule has 0 spiro atoms. The van der Waals surface area contributed by atoms with Crippen LogP contribution in [0.3, 0.4) is 0 Å². The fourth-order valence-corrected chi connectivity index (χ4v) is 3.84. The average Bonchev–Trinajstić information content (AvgIpc) is 2.61. The maximum Gasteiger partial charge on any atom is 0.364 e. The first-order valence-electron chi connectivity index (χ1n) is 8.50. The first-order valence-corrected chi connectivity index (χ1v) is 10.1. The molecular formula is C17H26NO7P. The molecule has 0 aromatic heterocycles. The van der Waals surface area contributed by atoms with Crippen LogP contribution in [0.4, 0.5) is 5.69 Å². The van der Waals surface area contributed by atoms with Gasteiger partial charge in [0.2, 0.25) is 5.78 Å². The fourth-order valence-electron chi connectivity index (χ4n) is 2.11. The van der Waals surface area contributed by atoms with Gasteiger partial charge in [0.1, 0.15) is 0 Å². The number of hydrogen-bond donors (Lipinski definition) is 1. The van der Waals surface area contributed by atoms with Crippen molar-refractivity contribution in [3.63, 3.8) is 0 Å². The molecule has 8 nitrogen and oxygen atoms in total. The second-order valence-electron chi connectivity index (χ2n) is 4.97. The average molecular weight is 387 g/mol. The minimum Gasteiger partial charge on any atom is -0.464 e. The highest BCUT2D eigenvalue weighted by Crippen LogP contribution is 2.53. The Bertz CT molecular complexity index is 623. The third-order valence-electron chi connectivity index (χ3n) is 3.14. The molecule has 146 valence electrons. The van der Waals surface area contributed by atoms with Crippen molar-refractivity contribution in [3.05, 3.63) is 29.8 Å². The molecule has 0 saturated heterocycles. The van der Waals surface area contributed by atoms with Crippen molar-refractivity contribution in [2.45, 2.75) is 33.5 Å². The maximum absolute atomic E-state index is 13.0. The van der Waals surface area contributed by atoms with Gasteiger partial charge >= 0.3 is 19.5 Å². The van der Waals surface area contributed by atoms with Crippen molar-refractivity contribution in [3.8, 4) is 0 Å². The van der Waals surface area contributed by atoms with Crippen LogP contribution in [0.1, 0.15) is 38.1 Å². The molecule has 0 aliphatic heterocycles. The van der Waals surface area contributed by atoms with E-state index in [9.17, 15) is 14.2 Å². The van der Waals surface area contributed by atoms with E-state index in [1.54, 1.807) is 39.8 Å². The number of ether oxygens (including phenoxy) is 2. The van der Waals surface area contributed by atoms with Gasteiger partial charge in [-0.25, -0.2) is 9.59 Å². The number of anilines is 1. The minimum absolute atomic E-state index is 0.108. The van der Waals surface area contributed by atoms with Crippen molar-refractivity contribution in [1.29, 1.82) is 0 Å². The number of carbonyl (C=O) groups is 2. The van der Waals surface area contributed by atoms with E-state index < -0.39 is 25.3 Å². The molecule has 0 saturated carbocycles. The smallest absolute Gasteiger partial charge is 0.364 e. The number of carbonyl (C=O) groups excluding carboxylic acids is 2. The van der Waals surface area contributed by atoms with E-state index in [1.807, 2.05) is 0 Å². The van der Waals surface area contributed by atoms with Gasteiger partial charge in [-0.1, -0.05) is 0 Å². The summed E-state index contributed by atoms with van der Waals surface area (Å²) < 4.78 is 33.5. The molecule has 0 amide bonds. The molecule has 9 heteroatoms. The second-order valence-corrected chi connectivity index (χ2v) is 7.08. The SMILES string of the molecule is CCOC(=O)c1ccc(NC(C(=O)OCC)P(=O)(OCC)OCC)cc1. The van der Waals surface area contributed by atoms with Crippen LogP contribution >= 0.6 is 7.60 Å². The Hall–Kier alpha value is -1.89. The van der Waals surface area contributed by atoms with E-state index in [2.05, 4.69) is 5.32 Å². The molecule has 26 heavy (non-hydrogen) atoms. The lowest BCUT2D eigenvalue weighted by atomic mass is 10.2. The van der Waals surface area contributed by atoms with E-state index in [0.717, 1.165) is 0 Å². The largest absolute Gasteiger partial charge is 0.464 e. The van der Waals surface area contributed by atoms with E-state index in [-0.39, 0.29) is 26.4 Å². The number of esters is 2. The Balaban J connectivity index is 3.07. The normalized spacial score (nSPS) is 12.3. The van der Waals surface area contributed by atoms with Crippen LogP contribution in [0, 0.1) is 0 Å². The number of rotatable bonds is 11. The van der Waals surface area contributed by atoms with E-state index in [4.69, 9.17) is 18.5 Å². The summed E-state index contributed by atoms with van der Waals surface area (Å²) in [6.45, 7) is 7.29. The molecule has 0 heterocycles. The van der Waals surface area contributed by atoms with Gasteiger partial charge in [-0.3, -0.25) is 4.57 Å². The Kier molecular flexibility index (Phi) is 9.34. The zero-order valence-corrected chi connectivity index (χ0v) is 16.4. The highest BCUT2D eigenvalue weighted by molar-refractivity contribution is 7.55. The molecule has 1 atom stereocenters.